The fourth-order valence-corrected chi connectivity index (χ4v) is 3.86. The quantitative estimate of drug-likeness (QED) is 0.665. The van der Waals surface area contributed by atoms with Crippen LogP contribution in [0.25, 0.3) is 10.9 Å². The zero-order valence-corrected chi connectivity index (χ0v) is 17.1. The third-order valence-electron chi connectivity index (χ3n) is 5.47. The van der Waals surface area contributed by atoms with E-state index >= 15 is 0 Å². The zero-order valence-electron chi connectivity index (χ0n) is 17.1. The first-order valence-corrected chi connectivity index (χ1v) is 9.83. The van der Waals surface area contributed by atoms with E-state index < -0.39 is 11.7 Å². The van der Waals surface area contributed by atoms with Gasteiger partial charge in [-0.25, -0.2) is 0 Å². The highest BCUT2D eigenvalue weighted by molar-refractivity contribution is 5.82. The molecule has 0 saturated carbocycles. The first-order chi connectivity index (χ1) is 14.7. The summed E-state index contributed by atoms with van der Waals surface area (Å²) in [7, 11) is 3.66. The highest BCUT2D eigenvalue weighted by Gasteiger charge is 2.36. The van der Waals surface area contributed by atoms with Crippen molar-refractivity contribution in [1.29, 1.82) is 0 Å². The van der Waals surface area contributed by atoms with Gasteiger partial charge in [-0.2, -0.15) is 23.1 Å². The third-order valence-corrected chi connectivity index (χ3v) is 5.47. The number of alkyl halides is 3. The number of nitrogens with zero attached hydrogens (tertiary/aromatic N) is 5. The second-order valence-corrected chi connectivity index (χ2v) is 7.67. The molecule has 1 aliphatic rings. The Hall–Kier alpha value is -3.14. The number of fused-ring (bicyclic) bond motifs is 1. The van der Waals surface area contributed by atoms with Crippen LogP contribution in [0.5, 0.6) is 17.6 Å². The summed E-state index contributed by atoms with van der Waals surface area (Å²) in [5.74, 6) is -0.413. The van der Waals surface area contributed by atoms with Gasteiger partial charge in [0.2, 0.25) is 5.88 Å². The Morgan fingerprint density at radius 1 is 1.23 bits per heavy atom. The summed E-state index contributed by atoms with van der Waals surface area (Å²) in [5, 5.41) is 10.4. The van der Waals surface area contributed by atoms with Crippen molar-refractivity contribution >= 4 is 16.6 Å². The minimum atomic E-state index is -4.57. The first kappa shape index (κ1) is 21.1. The van der Waals surface area contributed by atoms with Crippen molar-refractivity contribution < 1.29 is 23.0 Å². The summed E-state index contributed by atoms with van der Waals surface area (Å²) in [4.78, 5) is 15.7. The van der Waals surface area contributed by atoms with Crippen molar-refractivity contribution in [3.63, 3.8) is 0 Å². The third kappa shape index (κ3) is 4.48. The number of hydrogen-bond donors (Lipinski definition) is 1. The number of aromatic nitrogens is 3. The Balaban J connectivity index is 1.66. The van der Waals surface area contributed by atoms with Crippen LogP contribution < -0.4 is 9.64 Å². The maximum absolute atomic E-state index is 13.9. The van der Waals surface area contributed by atoms with E-state index in [0.29, 0.717) is 17.4 Å². The van der Waals surface area contributed by atoms with Gasteiger partial charge in [-0.1, -0.05) is 0 Å². The van der Waals surface area contributed by atoms with Gasteiger partial charge in [-0.3, -0.25) is 4.98 Å². The molecule has 0 aliphatic carbocycles. The Morgan fingerprint density at radius 3 is 2.77 bits per heavy atom. The highest BCUT2D eigenvalue weighted by Crippen LogP contribution is 2.40. The minimum absolute atomic E-state index is 0.0140. The fourth-order valence-electron chi connectivity index (χ4n) is 3.86. The molecule has 1 N–H and O–H groups in total. The monoisotopic (exact) mass is 433 g/mol. The van der Waals surface area contributed by atoms with Gasteiger partial charge in [0.1, 0.15) is 5.75 Å². The van der Waals surface area contributed by atoms with Gasteiger partial charge in [-0.15, -0.1) is 0 Å². The molecule has 0 bridgehead atoms. The number of pyridine rings is 1. The second kappa shape index (κ2) is 8.18. The van der Waals surface area contributed by atoms with Crippen molar-refractivity contribution in [2.24, 2.45) is 0 Å². The molecule has 1 saturated heterocycles. The van der Waals surface area contributed by atoms with E-state index in [-0.39, 0.29) is 29.4 Å². The van der Waals surface area contributed by atoms with E-state index in [4.69, 9.17) is 4.74 Å². The number of rotatable bonds is 4. The van der Waals surface area contributed by atoms with Crippen LogP contribution in [0.15, 0.2) is 36.7 Å². The molecule has 0 amide bonds. The van der Waals surface area contributed by atoms with Crippen LogP contribution in [0.4, 0.5) is 18.9 Å². The molecule has 3 heterocycles. The number of piperidine rings is 1. The van der Waals surface area contributed by atoms with E-state index in [1.807, 2.05) is 7.05 Å². The number of anilines is 1. The van der Waals surface area contributed by atoms with Crippen LogP contribution in [0, 0.1) is 0 Å². The predicted molar refractivity (Wildman–Crippen MR) is 109 cm³/mol. The molecule has 2 aromatic heterocycles. The topological polar surface area (TPSA) is 74.6 Å². The van der Waals surface area contributed by atoms with Crippen molar-refractivity contribution in [3.05, 3.63) is 42.2 Å². The van der Waals surface area contributed by atoms with E-state index in [1.54, 1.807) is 11.9 Å². The number of hydrogen-bond acceptors (Lipinski definition) is 7. The van der Waals surface area contributed by atoms with E-state index in [9.17, 15) is 18.3 Å². The van der Waals surface area contributed by atoms with Gasteiger partial charge < -0.3 is 19.6 Å². The number of likely N-dealkylation sites (N-methyl/N-ethyl adjacent to an activating group) is 2. The summed E-state index contributed by atoms with van der Waals surface area (Å²) < 4.78 is 47.1. The van der Waals surface area contributed by atoms with Crippen LogP contribution in [0.2, 0.25) is 0 Å². The van der Waals surface area contributed by atoms with Crippen LogP contribution >= 0.6 is 0 Å². The molecule has 3 aromatic rings. The van der Waals surface area contributed by atoms with Crippen LogP contribution in [0.1, 0.15) is 18.4 Å². The molecule has 10 heteroatoms. The number of ether oxygens (including phenoxy) is 1. The molecule has 1 aliphatic heterocycles. The van der Waals surface area contributed by atoms with Crippen LogP contribution in [-0.2, 0) is 6.18 Å². The van der Waals surface area contributed by atoms with Crippen molar-refractivity contribution in [1.82, 2.24) is 19.9 Å². The lowest BCUT2D eigenvalue weighted by atomic mass is 10.0. The van der Waals surface area contributed by atoms with Gasteiger partial charge in [0.15, 0.2) is 0 Å². The van der Waals surface area contributed by atoms with Gasteiger partial charge >= 0.3 is 12.2 Å². The summed E-state index contributed by atoms with van der Waals surface area (Å²) in [6.07, 6.45) is 0.0744. The maximum Gasteiger partial charge on any atom is 0.418 e. The molecule has 4 rings (SSSR count). The number of aromatic hydroxyl groups is 1. The largest absolute Gasteiger partial charge is 0.493 e. The van der Waals surface area contributed by atoms with Gasteiger partial charge in [-0.05, 0) is 50.7 Å². The molecular weight excluding hydrogens is 411 g/mol. The minimum Gasteiger partial charge on any atom is -0.493 e. The lowest BCUT2D eigenvalue weighted by Gasteiger charge is -2.38. The Labute approximate surface area is 177 Å². The molecule has 31 heavy (non-hydrogen) atoms. The van der Waals surface area contributed by atoms with Crippen molar-refractivity contribution in [2.45, 2.75) is 25.1 Å². The van der Waals surface area contributed by atoms with Crippen molar-refractivity contribution in [2.75, 3.05) is 32.1 Å². The number of halogens is 3. The number of benzene rings is 1. The molecule has 0 radical (unpaired) electrons. The summed E-state index contributed by atoms with van der Waals surface area (Å²) in [6, 6.07) is 5.04. The average Bonchev–Trinajstić information content (AvgIpc) is 2.73. The fraction of sp³-hybridized carbons (Fsp3) is 0.381. The normalized spacial score (nSPS) is 17.6. The molecule has 1 aromatic carbocycles. The van der Waals surface area contributed by atoms with E-state index in [1.165, 1.54) is 30.6 Å². The van der Waals surface area contributed by atoms with Crippen LogP contribution in [0.3, 0.4) is 0 Å². The Morgan fingerprint density at radius 2 is 2.03 bits per heavy atom. The van der Waals surface area contributed by atoms with E-state index in [2.05, 4.69) is 19.9 Å². The maximum atomic E-state index is 13.9. The summed E-state index contributed by atoms with van der Waals surface area (Å²) in [6.45, 7) is 1.64. The number of likely N-dealkylation sites (tertiary alicyclic amines) is 1. The molecule has 164 valence electrons. The molecule has 0 spiro atoms. The van der Waals surface area contributed by atoms with E-state index in [0.717, 1.165) is 25.5 Å². The van der Waals surface area contributed by atoms with Crippen LogP contribution in [-0.4, -0.2) is 58.2 Å². The summed E-state index contributed by atoms with van der Waals surface area (Å²) in [5.41, 5.74) is -0.391. The average molecular weight is 433 g/mol. The molecule has 1 unspecified atom stereocenters. The zero-order chi connectivity index (χ0) is 22.2. The van der Waals surface area contributed by atoms with Gasteiger partial charge in [0.25, 0.3) is 0 Å². The summed E-state index contributed by atoms with van der Waals surface area (Å²) >= 11 is 0. The second-order valence-electron chi connectivity index (χ2n) is 7.67. The molecule has 1 fully saturated rings. The van der Waals surface area contributed by atoms with Crippen molar-refractivity contribution in [3.8, 4) is 17.6 Å². The molecule has 7 nitrogen and oxygen atoms in total. The van der Waals surface area contributed by atoms with Gasteiger partial charge in [0, 0.05) is 31.5 Å². The smallest absolute Gasteiger partial charge is 0.418 e. The molecule has 1 atom stereocenters. The first-order valence-electron chi connectivity index (χ1n) is 9.83. The SMILES string of the molecule is CN1CCCC(N(C)c2ccc(Oc3nc(O)c4ccncc4n3)cc2C(F)(F)F)C1. The standard InChI is InChI=1S/C21H22F3N5O2/c1-28-9-3-4-13(12-28)29(2)18-6-5-14(10-16(18)21(22,23)24)31-20-26-17-11-25-8-7-15(17)19(30)27-20/h5-8,10-11,13H,3-4,9,12H2,1-2H3,(H,26,27,30). The Kier molecular flexibility index (Phi) is 5.57. The lowest BCUT2D eigenvalue weighted by Crippen LogP contribution is -2.45. The Bertz CT molecular complexity index is 1090. The lowest BCUT2D eigenvalue weighted by molar-refractivity contribution is -0.137. The molecular formula is C21H22F3N5O2. The highest BCUT2D eigenvalue weighted by atomic mass is 19.4. The predicted octanol–water partition coefficient (Wildman–Crippen LogP) is 4.07. The van der Waals surface area contributed by atoms with Gasteiger partial charge in [0.05, 0.1) is 22.7 Å².